The topological polar surface area (TPSA) is 79.8 Å². The Hall–Kier alpha value is -3.28. The quantitative estimate of drug-likeness (QED) is 0.375. The monoisotopic (exact) mass is 388 g/mol. The molecular weight excluding hydrogens is 360 g/mol. The Morgan fingerprint density at radius 3 is 2.28 bits per heavy atom. The summed E-state index contributed by atoms with van der Waals surface area (Å²) in [5.74, 6) is 1.15. The molecule has 150 valence electrons. The molecule has 0 atom stereocenters. The molecule has 3 aromatic rings. The van der Waals surface area contributed by atoms with Crippen molar-refractivity contribution >= 4 is 22.9 Å². The summed E-state index contributed by atoms with van der Waals surface area (Å²) >= 11 is 0. The van der Waals surface area contributed by atoms with Crippen molar-refractivity contribution in [2.75, 3.05) is 23.7 Å². The Morgan fingerprint density at radius 1 is 0.897 bits per heavy atom. The molecule has 0 bridgehead atoms. The Bertz CT molecular complexity index is 962. The number of nitrogen functional groups attached to an aromatic ring is 1. The molecule has 0 saturated carbocycles. The van der Waals surface area contributed by atoms with Crippen molar-refractivity contribution in [2.45, 2.75) is 33.6 Å². The third-order valence-electron chi connectivity index (χ3n) is 4.50. The van der Waals surface area contributed by atoms with Crippen LogP contribution in [0.2, 0.25) is 0 Å². The lowest BCUT2D eigenvalue weighted by Crippen LogP contribution is -2.24. The molecule has 0 unspecified atom stereocenters. The van der Waals surface area contributed by atoms with Gasteiger partial charge in [-0.15, -0.1) is 10.2 Å². The van der Waals surface area contributed by atoms with Gasteiger partial charge in [0.05, 0.1) is 5.69 Å². The van der Waals surface area contributed by atoms with E-state index in [-0.39, 0.29) is 0 Å². The number of rotatable bonds is 8. The number of benzene rings is 2. The zero-order valence-electron chi connectivity index (χ0n) is 17.3. The van der Waals surface area contributed by atoms with Gasteiger partial charge >= 0.3 is 0 Å². The molecular formula is C23H28N6. The van der Waals surface area contributed by atoms with E-state index in [9.17, 15) is 0 Å². The van der Waals surface area contributed by atoms with Gasteiger partial charge < -0.3 is 10.6 Å². The normalized spacial score (nSPS) is 11.1. The summed E-state index contributed by atoms with van der Waals surface area (Å²) < 4.78 is 0. The van der Waals surface area contributed by atoms with Crippen molar-refractivity contribution in [1.82, 2.24) is 9.97 Å². The van der Waals surface area contributed by atoms with Crippen molar-refractivity contribution < 1.29 is 0 Å². The lowest BCUT2D eigenvalue weighted by molar-refractivity contribution is 0.745. The third-order valence-corrected chi connectivity index (χ3v) is 4.50. The Balaban J connectivity index is 1.84. The highest BCUT2D eigenvalue weighted by Crippen LogP contribution is 2.29. The predicted octanol–water partition coefficient (Wildman–Crippen LogP) is 6.08. The molecule has 3 rings (SSSR count). The number of aromatic nitrogens is 2. The zero-order chi connectivity index (χ0) is 20.6. The first kappa shape index (κ1) is 20.5. The van der Waals surface area contributed by atoms with Gasteiger partial charge in [0.1, 0.15) is 5.69 Å². The maximum absolute atomic E-state index is 6.25. The maximum Gasteiger partial charge on any atom is 0.178 e. The molecule has 1 aromatic heterocycles. The first-order valence-electron chi connectivity index (χ1n) is 10.1. The number of hydrogen-bond donors (Lipinski definition) is 1. The molecule has 2 N–H and O–H groups in total. The molecule has 0 aliphatic carbocycles. The van der Waals surface area contributed by atoms with Crippen molar-refractivity contribution in [3.8, 4) is 11.4 Å². The van der Waals surface area contributed by atoms with E-state index >= 15 is 0 Å². The van der Waals surface area contributed by atoms with E-state index in [1.165, 1.54) is 0 Å². The van der Waals surface area contributed by atoms with Gasteiger partial charge in [-0.2, -0.15) is 0 Å². The highest BCUT2D eigenvalue weighted by molar-refractivity contribution is 5.69. The molecule has 0 aliphatic heterocycles. The summed E-state index contributed by atoms with van der Waals surface area (Å²) in [6.45, 7) is 8.31. The summed E-state index contributed by atoms with van der Waals surface area (Å²) in [5, 5.41) is 8.65. The van der Waals surface area contributed by atoms with Crippen molar-refractivity contribution in [3.63, 3.8) is 0 Å². The molecule has 6 nitrogen and oxygen atoms in total. The first-order chi connectivity index (χ1) is 14.1. The van der Waals surface area contributed by atoms with Crippen LogP contribution in [-0.4, -0.2) is 23.1 Å². The second-order valence-electron chi connectivity index (χ2n) is 6.99. The summed E-state index contributed by atoms with van der Waals surface area (Å²) in [7, 11) is 0. The number of hydrogen-bond acceptors (Lipinski definition) is 6. The highest BCUT2D eigenvalue weighted by Gasteiger charge is 2.08. The van der Waals surface area contributed by atoms with Crippen molar-refractivity contribution in [2.24, 2.45) is 10.2 Å². The highest BCUT2D eigenvalue weighted by atomic mass is 15.2. The van der Waals surface area contributed by atoms with Crippen LogP contribution in [0.5, 0.6) is 0 Å². The molecule has 0 aliphatic rings. The fourth-order valence-corrected chi connectivity index (χ4v) is 3.16. The minimum absolute atomic E-state index is 0.512. The predicted molar refractivity (Wildman–Crippen MR) is 120 cm³/mol. The molecule has 0 fully saturated rings. The summed E-state index contributed by atoms with van der Waals surface area (Å²) in [5.41, 5.74) is 10.4. The summed E-state index contributed by atoms with van der Waals surface area (Å²) in [6, 6.07) is 17.6. The minimum Gasteiger partial charge on any atom is -0.397 e. The van der Waals surface area contributed by atoms with Gasteiger partial charge in [0.15, 0.2) is 11.6 Å². The van der Waals surface area contributed by atoms with E-state index in [2.05, 4.69) is 45.0 Å². The second kappa shape index (κ2) is 9.78. The maximum atomic E-state index is 6.25. The van der Waals surface area contributed by atoms with Gasteiger partial charge in [0.2, 0.25) is 0 Å². The van der Waals surface area contributed by atoms with Crippen LogP contribution < -0.4 is 10.6 Å². The fourth-order valence-electron chi connectivity index (χ4n) is 3.16. The zero-order valence-corrected chi connectivity index (χ0v) is 17.3. The lowest BCUT2D eigenvalue weighted by atomic mass is 10.2. The molecule has 0 radical (unpaired) electrons. The van der Waals surface area contributed by atoms with Gasteiger partial charge in [-0.1, -0.05) is 44.2 Å². The smallest absolute Gasteiger partial charge is 0.178 e. The average Bonchev–Trinajstić information content (AvgIpc) is 2.73. The van der Waals surface area contributed by atoms with E-state index in [1.54, 1.807) is 0 Å². The fraction of sp³-hybridized carbons (Fsp3) is 0.304. The van der Waals surface area contributed by atoms with Crippen LogP contribution in [0.25, 0.3) is 11.4 Å². The number of anilines is 2. The summed E-state index contributed by atoms with van der Waals surface area (Å²) in [4.78, 5) is 11.4. The van der Waals surface area contributed by atoms with Crippen molar-refractivity contribution in [1.29, 1.82) is 0 Å². The number of aryl methyl sites for hydroxylation is 1. The Kier molecular flexibility index (Phi) is 6.89. The molecule has 0 amide bonds. The molecule has 0 spiro atoms. The number of nitrogens with two attached hydrogens (primary N) is 1. The molecule has 2 aromatic carbocycles. The Morgan fingerprint density at radius 2 is 1.62 bits per heavy atom. The van der Waals surface area contributed by atoms with E-state index < -0.39 is 0 Å². The van der Waals surface area contributed by atoms with Gasteiger partial charge in [0, 0.05) is 36.1 Å². The van der Waals surface area contributed by atoms with Crippen LogP contribution in [0.4, 0.5) is 22.9 Å². The standard InChI is InChI=1S/C23H28N6/c1-4-13-29(14-5-2)19-11-12-21(20(24)16-19)27-28-22-15-17(3)25-23(26-22)18-9-7-6-8-10-18/h6-12,15-16H,4-5,13-14,24H2,1-3H3. The van der Waals surface area contributed by atoms with E-state index in [0.717, 1.165) is 42.9 Å². The Labute approximate surface area is 172 Å². The van der Waals surface area contributed by atoms with Crippen molar-refractivity contribution in [3.05, 3.63) is 60.3 Å². The largest absolute Gasteiger partial charge is 0.397 e. The van der Waals surface area contributed by atoms with Gasteiger partial charge in [-0.25, -0.2) is 9.97 Å². The SMILES string of the molecule is CCCN(CCC)c1ccc(N=Nc2cc(C)nc(-c3ccccc3)n2)c(N)c1. The second-order valence-corrected chi connectivity index (χ2v) is 6.99. The van der Waals surface area contributed by atoms with E-state index in [4.69, 9.17) is 5.73 Å². The van der Waals surface area contributed by atoms with E-state index in [1.807, 2.05) is 55.5 Å². The van der Waals surface area contributed by atoms with Crippen LogP contribution in [0.3, 0.4) is 0 Å². The molecule has 1 heterocycles. The third kappa shape index (κ3) is 5.38. The molecule has 6 heteroatoms. The van der Waals surface area contributed by atoms with Gasteiger partial charge in [0.25, 0.3) is 0 Å². The van der Waals surface area contributed by atoms with Crippen LogP contribution in [0.1, 0.15) is 32.4 Å². The van der Waals surface area contributed by atoms with Crippen LogP contribution in [0.15, 0.2) is 64.8 Å². The van der Waals surface area contributed by atoms with Crippen LogP contribution >= 0.6 is 0 Å². The van der Waals surface area contributed by atoms with Gasteiger partial charge in [-0.3, -0.25) is 0 Å². The molecule has 29 heavy (non-hydrogen) atoms. The average molecular weight is 389 g/mol. The van der Waals surface area contributed by atoms with Gasteiger partial charge in [-0.05, 0) is 38.0 Å². The lowest BCUT2D eigenvalue weighted by Gasteiger charge is -2.24. The van der Waals surface area contributed by atoms with E-state index in [0.29, 0.717) is 23.0 Å². The number of nitrogens with zero attached hydrogens (tertiary/aromatic N) is 5. The van der Waals surface area contributed by atoms with Crippen LogP contribution in [-0.2, 0) is 0 Å². The first-order valence-corrected chi connectivity index (χ1v) is 10.1. The summed E-state index contributed by atoms with van der Waals surface area (Å²) in [6.07, 6.45) is 2.19. The number of azo groups is 1. The van der Waals surface area contributed by atoms with Crippen LogP contribution in [0, 0.1) is 6.92 Å². The molecule has 0 saturated heterocycles. The minimum atomic E-state index is 0.512.